The van der Waals surface area contributed by atoms with Crippen molar-refractivity contribution in [2.45, 2.75) is 18.7 Å². The van der Waals surface area contributed by atoms with Crippen LogP contribution in [-0.4, -0.2) is 33.4 Å². The number of nitrogens with one attached hydrogen (secondary N) is 1. The van der Waals surface area contributed by atoms with Gasteiger partial charge in [0.15, 0.2) is 11.5 Å². The van der Waals surface area contributed by atoms with Gasteiger partial charge in [-0.2, -0.15) is 8.42 Å². The molecule has 0 atom stereocenters. The van der Waals surface area contributed by atoms with Gasteiger partial charge in [0.2, 0.25) is 0 Å². The zero-order valence-corrected chi connectivity index (χ0v) is 22.3. The number of ether oxygens (including phenoxy) is 1. The number of nitrogens with zero attached hydrogens (tertiary/aromatic N) is 1. The van der Waals surface area contributed by atoms with Crippen LogP contribution < -0.4 is 19.1 Å². The smallest absolute Gasteiger partial charge is 0.339 e. The van der Waals surface area contributed by atoms with E-state index in [1.807, 2.05) is 13.8 Å². The lowest BCUT2D eigenvalue weighted by Gasteiger charge is -2.27. The summed E-state index contributed by atoms with van der Waals surface area (Å²) < 4.78 is 36.3. The van der Waals surface area contributed by atoms with Crippen LogP contribution in [0.3, 0.4) is 0 Å². The van der Waals surface area contributed by atoms with Crippen molar-refractivity contribution >= 4 is 55.7 Å². The minimum atomic E-state index is -4.16. The second kappa shape index (κ2) is 10.2. The third-order valence-electron chi connectivity index (χ3n) is 5.64. The Hall–Kier alpha value is -3.96. The third-order valence-corrected chi connectivity index (χ3v) is 7.46. The molecule has 11 heteroatoms. The summed E-state index contributed by atoms with van der Waals surface area (Å²) in [5.74, 6) is -1.75. The number of carbonyl (C=O) groups is 3. The monoisotopic (exact) mass is 584 g/mol. The van der Waals surface area contributed by atoms with Gasteiger partial charge in [-0.05, 0) is 88.9 Å². The van der Waals surface area contributed by atoms with Gasteiger partial charge in [0.1, 0.15) is 10.5 Å². The predicted octanol–water partition coefficient (Wildman–Crippen LogP) is 4.51. The number of rotatable bonds is 6. The summed E-state index contributed by atoms with van der Waals surface area (Å²) >= 11 is 3.28. The van der Waals surface area contributed by atoms with E-state index in [1.54, 1.807) is 36.4 Å². The number of halogens is 1. The molecule has 0 unspecified atom stereocenters. The quantitative estimate of drug-likeness (QED) is 0.257. The summed E-state index contributed by atoms with van der Waals surface area (Å²) in [5, 5.41) is 2.18. The van der Waals surface area contributed by atoms with Gasteiger partial charge in [0.25, 0.3) is 11.8 Å². The number of barbiturate groups is 1. The second-order valence-corrected chi connectivity index (χ2v) is 10.5. The average molecular weight is 585 g/mol. The first kappa shape index (κ1) is 26.1. The maximum absolute atomic E-state index is 13.2. The number of aryl methyl sites for hydroxylation is 2. The van der Waals surface area contributed by atoms with Crippen LogP contribution in [0.5, 0.6) is 11.5 Å². The summed E-state index contributed by atoms with van der Waals surface area (Å²) in [5.41, 5.74) is 2.19. The first-order chi connectivity index (χ1) is 17.5. The van der Waals surface area contributed by atoms with Crippen molar-refractivity contribution in [3.05, 3.63) is 87.4 Å². The molecule has 0 aliphatic carbocycles. The van der Waals surface area contributed by atoms with Gasteiger partial charge in [-0.25, -0.2) is 9.69 Å². The molecule has 0 spiro atoms. The molecule has 4 amide bonds. The maximum atomic E-state index is 13.2. The fraction of sp³-hybridized carbons (Fsp3) is 0.115. The van der Waals surface area contributed by atoms with E-state index < -0.39 is 28.0 Å². The van der Waals surface area contributed by atoms with Gasteiger partial charge >= 0.3 is 16.1 Å². The number of urea groups is 1. The Balaban J connectivity index is 1.71. The predicted molar refractivity (Wildman–Crippen MR) is 140 cm³/mol. The van der Waals surface area contributed by atoms with Crippen LogP contribution in [0.1, 0.15) is 16.7 Å². The molecule has 1 aliphatic heterocycles. The lowest BCUT2D eigenvalue weighted by Crippen LogP contribution is -2.54. The summed E-state index contributed by atoms with van der Waals surface area (Å²) in [4.78, 5) is 39.1. The van der Waals surface area contributed by atoms with Crippen LogP contribution in [0.25, 0.3) is 6.08 Å². The lowest BCUT2D eigenvalue weighted by molar-refractivity contribution is -0.122. The molecule has 0 saturated carbocycles. The van der Waals surface area contributed by atoms with E-state index in [0.29, 0.717) is 11.3 Å². The second-order valence-electron chi connectivity index (χ2n) is 8.11. The molecule has 190 valence electrons. The number of imide groups is 2. The number of carbonyl (C=O) groups excluding carboxylic acids is 3. The molecule has 1 fully saturated rings. The van der Waals surface area contributed by atoms with Crippen LogP contribution >= 0.6 is 15.9 Å². The topological polar surface area (TPSA) is 119 Å². The van der Waals surface area contributed by atoms with Gasteiger partial charge in [-0.15, -0.1) is 0 Å². The normalized spacial score (nSPS) is 15.1. The van der Waals surface area contributed by atoms with Gasteiger partial charge < -0.3 is 8.92 Å². The molecular formula is C26H21BrN2O7S. The molecule has 3 aromatic rings. The minimum Gasteiger partial charge on any atom is -0.493 e. The molecule has 1 aliphatic rings. The summed E-state index contributed by atoms with van der Waals surface area (Å²) in [6.07, 6.45) is 1.28. The van der Waals surface area contributed by atoms with Crippen LogP contribution in [0.4, 0.5) is 10.5 Å². The van der Waals surface area contributed by atoms with Crippen molar-refractivity contribution < 1.29 is 31.7 Å². The zero-order chi connectivity index (χ0) is 26.9. The van der Waals surface area contributed by atoms with E-state index >= 15 is 0 Å². The molecule has 37 heavy (non-hydrogen) atoms. The minimum absolute atomic E-state index is 0.0338. The van der Waals surface area contributed by atoms with E-state index in [2.05, 4.69) is 21.2 Å². The largest absolute Gasteiger partial charge is 0.493 e. The van der Waals surface area contributed by atoms with E-state index in [4.69, 9.17) is 8.92 Å². The van der Waals surface area contributed by atoms with Crippen LogP contribution in [0.2, 0.25) is 0 Å². The Morgan fingerprint density at radius 2 is 1.65 bits per heavy atom. The van der Waals surface area contributed by atoms with Crippen molar-refractivity contribution in [1.82, 2.24) is 5.32 Å². The molecule has 3 aromatic carbocycles. The standard InChI is InChI=1S/C26H21BrN2O7S/c1-15-9-10-18(11-16(15)2)29-25(31)20(24(30)28-26(29)32)12-17-13-21(27)23(22(14-17)35-3)36-37(33,34)19-7-5-4-6-8-19/h4-14H,1-3H3,(H,28,30,32)/b20-12+. The molecule has 1 saturated heterocycles. The molecule has 0 aromatic heterocycles. The SMILES string of the molecule is COc1cc(/C=C2\C(=O)NC(=O)N(c3ccc(C)c(C)c3)C2=O)cc(Br)c1OS(=O)(=O)c1ccccc1. The van der Waals surface area contributed by atoms with E-state index in [9.17, 15) is 22.8 Å². The van der Waals surface area contributed by atoms with Crippen LogP contribution in [-0.2, 0) is 19.7 Å². The van der Waals surface area contributed by atoms with Gasteiger partial charge in [0, 0.05) is 0 Å². The maximum Gasteiger partial charge on any atom is 0.339 e. The Labute approximate surface area is 221 Å². The molecule has 4 rings (SSSR count). The highest BCUT2D eigenvalue weighted by Gasteiger charge is 2.37. The molecular weight excluding hydrogens is 564 g/mol. The number of amides is 4. The Morgan fingerprint density at radius 3 is 2.30 bits per heavy atom. The molecule has 0 radical (unpaired) electrons. The number of hydrogen-bond acceptors (Lipinski definition) is 7. The summed E-state index contributed by atoms with van der Waals surface area (Å²) in [6, 6.07) is 14.7. The van der Waals surface area contributed by atoms with Crippen molar-refractivity contribution in [3.8, 4) is 11.5 Å². The van der Waals surface area contributed by atoms with Crippen molar-refractivity contribution in [2.24, 2.45) is 0 Å². The average Bonchev–Trinajstić information content (AvgIpc) is 2.85. The van der Waals surface area contributed by atoms with Gasteiger partial charge in [-0.1, -0.05) is 24.3 Å². The Bertz CT molecular complexity index is 1570. The van der Waals surface area contributed by atoms with E-state index in [0.717, 1.165) is 16.0 Å². The fourth-order valence-corrected chi connectivity index (χ4v) is 5.20. The van der Waals surface area contributed by atoms with E-state index in [-0.39, 0.29) is 26.4 Å². The molecule has 9 nitrogen and oxygen atoms in total. The Morgan fingerprint density at radius 1 is 0.946 bits per heavy atom. The fourth-order valence-electron chi connectivity index (χ4n) is 3.57. The molecule has 1 N–H and O–H groups in total. The van der Waals surface area contributed by atoms with Crippen LogP contribution in [0, 0.1) is 13.8 Å². The first-order valence-electron chi connectivity index (χ1n) is 10.9. The highest BCUT2D eigenvalue weighted by Crippen LogP contribution is 2.39. The summed E-state index contributed by atoms with van der Waals surface area (Å²) in [6.45, 7) is 3.74. The third kappa shape index (κ3) is 5.27. The van der Waals surface area contributed by atoms with Crippen LogP contribution in [0.15, 0.2) is 75.6 Å². The zero-order valence-electron chi connectivity index (χ0n) is 19.9. The van der Waals surface area contributed by atoms with Crippen molar-refractivity contribution in [2.75, 3.05) is 12.0 Å². The van der Waals surface area contributed by atoms with Crippen molar-refractivity contribution in [1.29, 1.82) is 0 Å². The number of benzene rings is 3. The summed E-state index contributed by atoms with van der Waals surface area (Å²) in [7, 11) is -2.85. The van der Waals surface area contributed by atoms with Gasteiger partial charge in [0.05, 0.1) is 17.3 Å². The van der Waals surface area contributed by atoms with E-state index in [1.165, 1.54) is 37.5 Å². The molecule has 0 bridgehead atoms. The van der Waals surface area contributed by atoms with Crippen molar-refractivity contribution in [3.63, 3.8) is 0 Å². The van der Waals surface area contributed by atoms with Gasteiger partial charge in [-0.3, -0.25) is 14.9 Å². The molecule has 1 heterocycles. The number of methoxy groups -OCH3 is 1. The lowest BCUT2D eigenvalue weighted by atomic mass is 10.0. The Kier molecular flexibility index (Phi) is 7.19. The number of hydrogen-bond donors (Lipinski definition) is 1. The highest BCUT2D eigenvalue weighted by molar-refractivity contribution is 9.10. The first-order valence-corrected chi connectivity index (χ1v) is 13.1. The number of anilines is 1. The highest BCUT2D eigenvalue weighted by atomic mass is 79.9.